The van der Waals surface area contributed by atoms with Crippen molar-refractivity contribution in [2.24, 2.45) is 9.98 Å². The van der Waals surface area contributed by atoms with E-state index in [-0.39, 0.29) is 0 Å². The van der Waals surface area contributed by atoms with Gasteiger partial charge < -0.3 is 10.2 Å². The molecule has 0 aliphatic carbocycles. The molecule has 0 aliphatic heterocycles. The normalized spacial score (nSPS) is 11.8. The minimum atomic E-state index is 0.361. The highest BCUT2D eigenvalue weighted by atomic mass is 16.3. The van der Waals surface area contributed by atoms with E-state index in [0.717, 1.165) is 72.2 Å². The Balaban J connectivity index is 1.83. The van der Waals surface area contributed by atoms with Gasteiger partial charge in [-0.05, 0) is 97.9 Å². The Kier molecular flexibility index (Phi) is 25.0. The van der Waals surface area contributed by atoms with E-state index in [1.165, 1.54) is 152 Å². The number of aromatic hydroxyl groups is 2. The first kappa shape index (κ1) is 47.0. The SMILES string of the molecule is CCCCCCCCc1cc(C=Nc2ccccc2N=Cc2cc(CCCCCCCC)cc(CCCCCCCC)c2O)c(O)c(CCCCCCCC)c1. The maximum Gasteiger partial charge on any atom is 0.127 e. The Morgan fingerprint density at radius 1 is 0.393 bits per heavy atom. The van der Waals surface area contributed by atoms with E-state index in [1.54, 1.807) is 0 Å². The van der Waals surface area contributed by atoms with Crippen LogP contribution in [-0.2, 0) is 25.7 Å². The maximum atomic E-state index is 11.5. The Morgan fingerprint density at radius 3 is 1.04 bits per heavy atom. The molecule has 3 rings (SSSR count). The first-order valence-electron chi connectivity index (χ1n) is 23.4. The van der Waals surface area contributed by atoms with E-state index in [1.807, 2.05) is 36.7 Å². The molecule has 0 bridgehead atoms. The molecular formula is C52H80N2O2. The molecule has 0 aliphatic rings. The van der Waals surface area contributed by atoms with Crippen molar-refractivity contribution in [2.75, 3.05) is 0 Å². The van der Waals surface area contributed by atoms with Crippen LogP contribution in [0.15, 0.2) is 58.5 Å². The van der Waals surface area contributed by atoms with Gasteiger partial charge in [0.05, 0.1) is 11.4 Å². The van der Waals surface area contributed by atoms with Crippen LogP contribution >= 0.6 is 0 Å². The summed E-state index contributed by atoms with van der Waals surface area (Å²) in [5, 5.41) is 23.0. The van der Waals surface area contributed by atoms with Crippen LogP contribution in [0.5, 0.6) is 11.5 Å². The van der Waals surface area contributed by atoms with E-state index in [2.05, 4.69) is 52.0 Å². The molecule has 0 atom stereocenters. The summed E-state index contributed by atoms with van der Waals surface area (Å²) in [5.41, 5.74) is 7.74. The van der Waals surface area contributed by atoms with Crippen LogP contribution in [0.3, 0.4) is 0 Å². The smallest absolute Gasteiger partial charge is 0.127 e. The van der Waals surface area contributed by atoms with Gasteiger partial charge in [0, 0.05) is 23.6 Å². The third-order valence-electron chi connectivity index (χ3n) is 11.4. The molecule has 310 valence electrons. The quantitative estimate of drug-likeness (QED) is 0.0491. The Hall–Kier alpha value is -3.40. The predicted molar refractivity (Wildman–Crippen MR) is 245 cm³/mol. The molecule has 0 spiro atoms. The van der Waals surface area contributed by atoms with Crippen LogP contribution in [0.2, 0.25) is 0 Å². The average molecular weight is 765 g/mol. The number of aryl methyl sites for hydroxylation is 4. The summed E-state index contributed by atoms with van der Waals surface area (Å²) in [5.74, 6) is 0.722. The van der Waals surface area contributed by atoms with Crippen LogP contribution in [0.4, 0.5) is 11.4 Å². The molecule has 0 radical (unpaired) electrons. The average Bonchev–Trinajstić information content (AvgIpc) is 3.21. The van der Waals surface area contributed by atoms with Gasteiger partial charge in [-0.15, -0.1) is 0 Å². The molecule has 4 heteroatoms. The highest BCUT2D eigenvalue weighted by Gasteiger charge is 2.12. The molecule has 0 heterocycles. The van der Waals surface area contributed by atoms with Crippen molar-refractivity contribution in [3.05, 3.63) is 81.9 Å². The van der Waals surface area contributed by atoms with E-state index in [9.17, 15) is 10.2 Å². The molecule has 2 N–H and O–H groups in total. The van der Waals surface area contributed by atoms with Crippen LogP contribution in [0, 0.1) is 0 Å². The molecule has 4 nitrogen and oxygen atoms in total. The van der Waals surface area contributed by atoms with Gasteiger partial charge in [-0.3, -0.25) is 9.98 Å². The third kappa shape index (κ3) is 18.7. The van der Waals surface area contributed by atoms with E-state index < -0.39 is 0 Å². The molecule has 0 unspecified atom stereocenters. The molecular weight excluding hydrogens is 685 g/mol. The summed E-state index contributed by atoms with van der Waals surface area (Å²) >= 11 is 0. The highest BCUT2D eigenvalue weighted by molar-refractivity contribution is 5.90. The second kappa shape index (κ2) is 29.8. The standard InChI is InChI=1S/C52H80N2O2/c1-5-9-13-17-21-25-31-43-37-45(33-27-23-19-15-11-7-3)51(55)47(39-43)41-53-49-35-29-30-36-50(49)54-42-48-40-44(32-26-22-18-14-10-6-2)38-46(52(48)56)34-28-24-20-16-12-8-4/h29-30,35-42,55-56H,5-28,31-34H2,1-4H3. The number of benzene rings is 3. The van der Waals surface area contributed by atoms with E-state index in [4.69, 9.17) is 9.98 Å². The van der Waals surface area contributed by atoms with Gasteiger partial charge in [0.1, 0.15) is 11.5 Å². The summed E-state index contributed by atoms with van der Waals surface area (Å²) in [7, 11) is 0. The monoisotopic (exact) mass is 765 g/mol. The number of phenolic OH excluding ortho intramolecular Hbond substituents is 2. The van der Waals surface area contributed by atoms with Gasteiger partial charge >= 0.3 is 0 Å². The lowest BCUT2D eigenvalue weighted by atomic mass is 9.96. The molecule has 0 fully saturated rings. The van der Waals surface area contributed by atoms with Gasteiger partial charge in [0.15, 0.2) is 0 Å². The van der Waals surface area contributed by atoms with Crippen molar-refractivity contribution in [2.45, 2.75) is 207 Å². The second-order valence-corrected chi connectivity index (χ2v) is 16.5. The Labute approximate surface area is 343 Å². The summed E-state index contributed by atoms with van der Waals surface area (Å²) in [6.45, 7) is 9.05. The first-order chi connectivity index (χ1) is 27.5. The number of aliphatic imine (C=N–C) groups is 2. The van der Waals surface area contributed by atoms with E-state index in [0.29, 0.717) is 11.5 Å². The van der Waals surface area contributed by atoms with Crippen LogP contribution in [-0.4, -0.2) is 22.6 Å². The van der Waals surface area contributed by atoms with Crippen molar-refractivity contribution in [1.82, 2.24) is 0 Å². The largest absolute Gasteiger partial charge is 0.507 e. The fourth-order valence-electron chi connectivity index (χ4n) is 7.81. The van der Waals surface area contributed by atoms with Gasteiger partial charge in [-0.2, -0.15) is 0 Å². The number of rotatable bonds is 32. The molecule has 0 saturated carbocycles. The summed E-state index contributed by atoms with van der Waals surface area (Å²) in [6, 6.07) is 16.7. The van der Waals surface area contributed by atoms with E-state index >= 15 is 0 Å². The van der Waals surface area contributed by atoms with Crippen LogP contribution < -0.4 is 0 Å². The lowest BCUT2D eigenvalue weighted by Gasteiger charge is -2.12. The Bertz CT molecular complexity index is 1430. The van der Waals surface area contributed by atoms with Crippen molar-refractivity contribution >= 4 is 23.8 Å². The summed E-state index contributed by atoms with van der Waals surface area (Å²) in [4.78, 5) is 9.86. The number of unbranched alkanes of at least 4 members (excludes halogenated alkanes) is 20. The topological polar surface area (TPSA) is 65.2 Å². The van der Waals surface area contributed by atoms with Gasteiger partial charge in [0.25, 0.3) is 0 Å². The van der Waals surface area contributed by atoms with Gasteiger partial charge in [-0.1, -0.05) is 180 Å². The van der Waals surface area contributed by atoms with Crippen molar-refractivity contribution in [1.29, 1.82) is 0 Å². The molecule has 0 saturated heterocycles. The second-order valence-electron chi connectivity index (χ2n) is 16.5. The maximum absolute atomic E-state index is 11.5. The first-order valence-corrected chi connectivity index (χ1v) is 23.4. The lowest BCUT2D eigenvalue weighted by Crippen LogP contribution is -1.97. The zero-order valence-electron chi connectivity index (χ0n) is 36.4. The number of para-hydroxylation sites is 2. The molecule has 3 aromatic rings. The zero-order valence-corrected chi connectivity index (χ0v) is 36.4. The molecule has 0 aromatic heterocycles. The number of nitrogens with zero attached hydrogens (tertiary/aromatic N) is 2. The van der Waals surface area contributed by atoms with Crippen LogP contribution in [0.1, 0.15) is 215 Å². The van der Waals surface area contributed by atoms with Gasteiger partial charge in [0.2, 0.25) is 0 Å². The number of hydrogen-bond donors (Lipinski definition) is 2. The fourth-order valence-corrected chi connectivity index (χ4v) is 7.81. The Morgan fingerprint density at radius 2 is 0.696 bits per heavy atom. The summed E-state index contributed by atoms with van der Waals surface area (Å²) < 4.78 is 0. The zero-order chi connectivity index (χ0) is 40.1. The number of phenols is 2. The molecule has 56 heavy (non-hydrogen) atoms. The number of hydrogen-bond acceptors (Lipinski definition) is 4. The summed E-state index contributed by atoms with van der Waals surface area (Å²) in [6.07, 6.45) is 37.6. The van der Waals surface area contributed by atoms with Crippen molar-refractivity contribution < 1.29 is 10.2 Å². The predicted octanol–water partition coefficient (Wildman–Crippen LogP) is 16.2. The lowest BCUT2D eigenvalue weighted by molar-refractivity contribution is 0.464. The van der Waals surface area contributed by atoms with Crippen molar-refractivity contribution in [3.63, 3.8) is 0 Å². The fraction of sp³-hybridized carbons (Fsp3) is 0.615. The van der Waals surface area contributed by atoms with Crippen LogP contribution in [0.25, 0.3) is 0 Å². The van der Waals surface area contributed by atoms with Gasteiger partial charge in [-0.25, -0.2) is 0 Å². The third-order valence-corrected chi connectivity index (χ3v) is 11.4. The van der Waals surface area contributed by atoms with Crippen molar-refractivity contribution in [3.8, 4) is 11.5 Å². The highest BCUT2D eigenvalue weighted by Crippen LogP contribution is 2.32. The molecule has 0 amide bonds. The molecule has 3 aromatic carbocycles. The minimum Gasteiger partial charge on any atom is -0.507 e. The minimum absolute atomic E-state index is 0.361.